The van der Waals surface area contributed by atoms with E-state index in [1.54, 1.807) is 32.2 Å². The molecular formula is C12H15BrO4. The first-order valence-corrected chi connectivity index (χ1v) is 5.99. The van der Waals surface area contributed by atoms with Gasteiger partial charge in [-0.15, -0.1) is 0 Å². The van der Waals surface area contributed by atoms with Crippen LogP contribution in [-0.4, -0.2) is 23.3 Å². The number of rotatable bonds is 5. The molecule has 0 aliphatic carbocycles. The van der Waals surface area contributed by atoms with Gasteiger partial charge in [0.25, 0.3) is 0 Å². The Morgan fingerprint density at radius 2 is 2.18 bits per heavy atom. The summed E-state index contributed by atoms with van der Waals surface area (Å²) in [5.41, 5.74) is 0.672. The van der Waals surface area contributed by atoms with E-state index in [1.165, 1.54) is 0 Å². The van der Waals surface area contributed by atoms with E-state index in [0.29, 0.717) is 11.3 Å². The summed E-state index contributed by atoms with van der Waals surface area (Å²) in [6.07, 6.45) is -0.600. The highest BCUT2D eigenvalue weighted by atomic mass is 79.9. The number of halogens is 1. The minimum Gasteiger partial charge on any atom is -0.496 e. The first-order valence-electron chi connectivity index (χ1n) is 5.20. The number of ether oxygens (including phenoxy) is 1. The Balaban J connectivity index is 2.79. The van der Waals surface area contributed by atoms with Gasteiger partial charge in [0, 0.05) is 0 Å². The third kappa shape index (κ3) is 3.71. The number of carboxylic acid groups (broad SMARTS) is 1. The van der Waals surface area contributed by atoms with Gasteiger partial charge in [-0.2, -0.15) is 0 Å². The van der Waals surface area contributed by atoms with E-state index >= 15 is 0 Å². The molecule has 0 aliphatic heterocycles. The molecule has 0 radical (unpaired) electrons. The van der Waals surface area contributed by atoms with Gasteiger partial charge in [0.15, 0.2) is 0 Å². The van der Waals surface area contributed by atoms with Crippen molar-refractivity contribution < 1.29 is 19.7 Å². The topological polar surface area (TPSA) is 66.8 Å². The molecule has 1 rings (SSSR count). The molecule has 0 aromatic heterocycles. The van der Waals surface area contributed by atoms with Crippen molar-refractivity contribution in [1.29, 1.82) is 0 Å². The normalized spacial score (nSPS) is 14.1. The van der Waals surface area contributed by atoms with Gasteiger partial charge in [-0.05, 0) is 40.0 Å². The Labute approximate surface area is 108 Å². The maximum absolute atomic E-state index is 10.7. The van der Waals surface area contributed by atoms with Crippen molar-refractivity contribution in [2.75, 3.05) is 7.11 Å². The zero-order valence-corrected chi connectivity index (χ0v) is 11.3. The summed E-state index contributed by atoms with van der Waals surface area (Å²) >= 11 is 3.32. The molecule has 4 nitrogen and oxygen atoms in total. The van der Waals surface area contributed by atoms with Gasteiger partial charge in [-0.3, -0.25) is 4.79 Å². The van der Waals surface area contributed by atoms with Crippen molar-refractivity contribution in [2.45, 2.75) is 19.4 Å². The van der Waals surface area contributed by atoms with E-state index < -0.39 is 18.0 Å². The van der Waals surface area contributed by atoms with Crippen LogP contribution in [0.4, 0.5) is 0 Å². The molecule has 1 aromatic rings. The highest BCUT2D eigenvalue weighted by molar-refractivity contribution is 9.10. The monoisotopic (exact) mass is 302 g/mol. The zero-order valence-electron chi connectivity index (χ0n) is 9.68. The van der Waals surface area contributed by atoms with Crippen molar-refractivity contribution in [3.8, 4) is 5.75 Å². The van der Waals surface area contributed by atoms with E-state index in [9.17, 15) is 9.90 Å². The Bertz CT molecular complexity index is 405. The maximum atomic E-state index is 10.7. The quantitative estimate of drug-likeness (QED) is 0.877. The number of aliphatic hydroxyl groups is 1. The second kappa shape index (κ2) is 6.02. The largest absolute Gasteiger partial charge is 0.496 e. The number of methoxy groups -OCH3 is 1. The summed E-state index contributed by atoms with van der Waals surface area (Å²) in [6.45, 7) is 1.57. The standard InChI is InChI=1S/C12H15BrO4/c1-7(12(15)16)5-10(14)8-3-4-11(17-2)9(13)6-8/h3-4,6-7,10,14H,5H2,1-2H3,(H,15,16). The Morgan fingerprint density at radius 1 is 1.53 bits per heavy atom. The van der Waals surface area contributed by atoms with Gasteiger partial charge in [-0.25, -0.2) is 0 Å². The van der Waals surface area contributed by atoms with E-state index in [-0.39, 0.29) is 6.42 Å². The number of carboxylic acids is 1. The molecule has 2 N–H and O–H groups in total. The molecule has 2 atom stereocenters. The summed E-state index contributed by atoms with van der Waals surface area (Å²) in [7, 11) is 1.56. The lowest BCUT2D eigenvalue weighted by molar-refractivity contribution is -0.142. The maximum Gasteiger partial charge on any atom is 0.306 e. The van der Waals surface area contributed by atoms with Gasteiger partial charge >= 0.3 is 5.97 Å². The lowest BCUT2D eigenvalue weighted by Crippen LogP contribution is -2.13. The summed E-state index contributed by atoms with van der Waals surface area (Å²) in [5, 5.41) is 18.7. The lowest BCUT2D eigenvalue weighted by Gasteiger charge is -2.14. The summed E-state index contributed by atoms with van der Waals surface area (Å²) in [4.78, 5) is 10.7. The first kappa shape index (κ1) is 14.0. The zero-order chi connectivity index (χ0) is 13.0. The van der Waals surface area contributed by atoms with E-state index in [1.807, 2.05) is 0 Å². The van der Waals surface area contributed by atoms with Crippen LogP contribution in [0.2, 0.25) is 0 Å². The van der Waals surface area contributed by atoms with Crippen LogP contribution in [0.25, 0.3) is 0 Å². The number of carbonyl (C=O) groups is 1. The second-order valence-corrected chi connectivity index (χ2v) is 4.74. The van der Waals surface area contributed by atoms with Crippen molar-refractivity contribution in [3.63, 3.8) is 0 Å². The Kier molecular flexibility index (Phi) is 4.96. The van der Waals surface area contributed by atoms with Crippen LogP contribution in [0.3, 0.4) is 0 Å². The molecule has 5 heteroatoms. The fourth-order valence-corrected chi connectivity index (χ4v) is 2.02. The van der Waals surface area contributed by atoms with Gasteiger partial charge in [0.2, 0.25) is 0 Å². The highest BCUT2D eigenvalue weighted by Gasteiger charge is 2.18. The molecule has 0 heterocycles. The predicted molar refractivity (Wildman–Crippen MR) is 67.1 cm³/mol. The van der Waals surface area contributed by atoms with Gasteiger partial charge in [-0.1, -0.05) is 13.0 Å². The third-order valence-corrected chi connectivity index (χ3v) is 3.18. The molecule has 0 aliphatic rings. The van der Waals surface area contributed by atoms with E-state index in [2.05, 4.69) is 15.9 Å². The van der Waals surface area contributed by atoms with E-state index in [4.69, 9.17) is 9.84 Å². The smallest absolute Gasteiger partial charge is 0.306 e. The molecule has 17 heavy (non-hydrogen) atoms. The summed E-state index contributed by atoms with van der Waals surface area (Å²) in [5.74, 6) is -0.810. The minimum atomic E-state index is -0.906. The molecule has 2 unspecified atom stereocenters. The summed E-state index contributed by atoms with van der Waals surface area (Å²) in [6, 6.07) is 5.19. The SMILES string of the molecule is COc1ccc(C(O)CC(C)C(=O)O)cc1Br. The van der Waals surface area contributed by atoms with Crippen molar-refractivity contribution in [1.82, 2.24) is 0 Å². The van der Waals surface area contributed by atoms with Crippen molar-refractivity contribution in [3.05, 3.63) is 28.2 Å². The van der Waals surface area contributed by atoms with Crippen LogP contribution < -0.4 is 4.74 Å². The average Bonchev–Trinajstić information content (AvgIpc) is 2.28. The van der Waals surface area contributed by atoms with Gasteiger partial charge in [0.05, 0.1) is 23.6 Å². The van der Waals surface area contributed by atoms with Gasteiger partial charge in [0.1, 0.15) is 5.75 Å². The number of hydrogen-bond donors (Lipinski definition) is 2. The molecule has 0 saturated carbocycles. The molecular weight excluding hydrogens is 288 g/mol. The molecule has 0 saturated heterocycles. The third-order valence-electron chi connectivity index (χ3n) is 2.56. The van der Waals surface area contributed by atoms with Crippen LogP contribution in [0.15, 0.2) is 22.7 Å². The van der Waals surface area contributed by atoms with Crippen LogP contribution >= 0.6 is 15.9 Å². The van der Waals surface area contributed by atoms with Crippen LogP contribution in [0, 0.1) is 5.92 Å². The highest BCUT2D eigenvalue weighted by Crippen LogP contribution is 2.30. The van der Waals surface area contributed by atoms with Gasteiger partial charge < -0.3 is 14.9 Å². The molecule has 1 aromatic carbocycles. The number of benzene rings is 1. The fourth-order valence-electron chi connectivity index (χ4n) is 1.46. The Hall–Kier alpha value is -1.07. The average molecular weight is 303 g/mol. The van der Waals surface area contributed by atoms with Crippen LogP contribution in [0.1, 0.15) is 25.0 Å². The first-order chi connectivity index (χ1) is 7.95. The number of aliphatic carboxylic acids is 1. The molecule has 0 fully saturated rings. The predicted octanol–water partition coefficient (Wildman–Crippen LogP) is 2.60. The van der Waals surface area contributed by atoms with Crippen molar-refractivity contribution in [2.24, 2.45) is 5.92 Å². The Morgan fingerprint density at radius 3 is 2.65 bits per heavy atom. The second-order valence-electron chi connectivity index (χ2n) is 3.88. The molecule has 94 valence electrons. The number of hydrogen-bond acceptors (Lipinski definition) is 3. The molecule has 0 bridgehead atoms. The fraction of sp³-hybridized carbons (Fsp3) is 0.417. The molecule has 0 spiro atoms. The van der Waals surface area contributed by atoms with Crippen LogP contribution in [0.5, 0.6) is 5.75 Å². The summed E-state index contributed by atoms with van der Waals surface area (Å²) < 4.78 is 5.81. The minimum absolute atomic E-state index is 0.189. The lowest BCUT2D eigenvalue weighted by atomic mass is 9.98. The van der Waals surface area contributed by atoms with E-state index in [0.717, 1.165) is 4.47 Å². The van der Waals surface area contributed by atoms with Crippen molar-refractivity contribution >= 4 is 21.9 Å². The van der Waals surface area contributed by atoms with Crippen LogP contribution in [-0.2, 0) is 4.79 Å². The number of aliphatic hydroxyl groups excluding tert-OH is 1. The molecule has 0 amide bonds.